The maximum atomic E-state index is 4.16. The van der Waals surface area contributed by atoms with Crippen molar-refractivity contribution in [1.82, 2.24) is 4.98 Å². The summed E-state index contributed by atoms with van der Waals surface area (Å²) in [5.74, 6) is 0. The summed E-state index contributed by atoms with van der Waals surface area (Å²) in [6.45, 7) is 0. The Bertz CT molecular complexity index is 505. The molecule has 0 fully saturated rings. The lowest BCUT2D eigenvalue weighted by Gasteiger charge is -2.13. The van der Waals surface area contributed by atoms with E-state index < -0.39 is 0 Å². The number of aromatic nitrogens is 1. The Kier molecular flexibility index (Phi) is 3.67. The maximum absolute atomic E-state index is 4.16. The highest BCUT2D eigenvalue weighted by atomic mass is 15.1. The molecule has 0 spiro atoms. The first-order valence-corrected chi connectivity index (χ1v) is 5.86. The van der Waals surface area contributed by atoms with Gasteiger partial charge in [0.15, 0.2) is 0 Å². The van der Waals surface area contributed by atoms with E-state index in [9.17, 15) is 0 Å². The normalized spacial score (nSPS) is 9.94. The molecular weight excluding hydrogens is 224 g/mol. The van der Waals surface area contributed by atoms with Crippen LogP contribution in [-0.2, 0) is 0 Å². The van der Waals surface area contributed by atoms with Crippen molar-refractivity contribution >= 4 is 22.7 Å². The average Bonchev–Trinajstić information content (AvgIpc) is 2.39. The predicted octanol–water partition coefficient (Wildman–Crippen LogP) is 2.93. The van der Waals surface area contributed by atoms with Gasteiger partial charge in [0.2, 0.25) is 0 Å². The second-order valence-electron chi connectivity index (χ2n) is 4.28. The molecule has 2 N–H and O–H groups in total. The second-order valence-corrected chi connectivity index (χ2v) is 4.28. The molecule has 94 valence electrons. The molecule has 0 aliphatic heterocycles. The Balaban J connectivity index is 2.13. The molecule has 0 amide bonds. The second kappa shape index (κ2) is 5.40. The van der Waals surface area contributed by atoms with Crippen LogP contribution >= 0.6 is 0 Å². The zero-order valence-corrected chi connectivity index (χ0v) is 10.9. The third kappa shape index (κ3) is 2.91. The fraction of sp³-hybridized carbons (Fsp3) is 0.214. The molecule has 0 saturated carbocycles. The van der Waals surface area contributed by atoms with E-state index in [1.807, 2.05) is 27.2 Å². The summed E-state index contributed by atoms with van der Waals surface area (Å²) in [5, 5.41) is 6.39. The van der Waals surface area contributed by atoms with E-state index in [2.05, 4.69) is 44.8 Å². The van der Waals surface area contributed by atoms with Gasteiger partial charge in [0.05, 0.1) is 23.8 Å². The molecule has 4 heteroatoms. The number of benzene rings is 1. The lowest BCUT2D eigenvalue weighted by atomic mass is 10.2. The highest BCUT2D eigenvalue weighted by Gasteiger charge is 1.98. The summed E-state index contributed by atoms with van der Waals surface area (Å²) in [6.07, 6.45) is 3.60. The van der Waals surface area contributed by atoms with Crippen molar-refractivity contribution in [1.29, 1.82) is 0 Å². The number of anilines is 4. The summed E-state index contributed by atoms with van der Waals surface area (Å²) in [6, 6.07) is 10.3. The van der Waals surface area contributed by atoms with E-state index >= 15 is 0 Å². The van der Waals surface area contributed by atoms with E-state index in [0.717, 1.165) is 17.1 Å². The number of hydrogen-bond acceptors (Lipinski definition) is 4. The van der Waals surface area contributed by atoms with Gasteiger partial charge < -0.3 is 15.5 Å². The van der Waals surface area contributed by atoms with Gasteiger partial charge >= 0.3 is 0 Å². The highest BCUT2D eigenvalue weighted by molar-refractivity contribution is 5.64. The van der Waals surface area contributed by atoms with Crippen molar-refractivity contribution < 1.29 is 0 Å². The molecule has 4 nitrogen and oxygen atoms in total. The number of pyridine rings is 1. The van der Waals surface area contributed by atoms with Crippen LogP contribution < -0.4 is 15.5 Å². The van der Waals surface area contributed by atoms with Crippen molar-refractivity contribution in [3.05, 3.63) is 42.7 Å². The minimum Gasteiger partial charge on any atom is -0.387 e. The van der Waals surface area contributed by atoms with Crippen LogP contribution in [0.4, 0.5) is 22.7 Å². The van der Waals surface area contributed by atoms with Gasteiger partial charge in [-0.05, 0) is 30.3 Å². The van der Waals surface area contributed by atoms with Crippen molar-refractivity contribution in [3.8, 4) is 0 Å². The molecule has 0 aliphatic rings. The van der Waals surface area contributed by atoms with E-state index in [1.165, 1.54) is 5.69 Å². The molecule has 18 heavy (non-hydrogen) atoms. The monoisotopic (exact) mass is 242 g/mol. The van der Waals surface area contributed by atoms with Crippen LogP contribution in [0, 0.1) is 0 Å². The third-order valence-corrected chi connectivity index (χ3v) is 2.70. The van der Waals surface area contributed by atoms with Gasteiger partial charge in [-0.15, -0.1) is 0 Å². The molecule has 2 rings (SSSR count). The highest BCUT2D eigenvalue weighted by Crippen LogP contribution is 2.21. The number of hydrogen-bond donors (Lipinski definition) is 2. The van der Waals surface area contributed by atoms with Crippen LogP contribution in [-0.4, -0.2) is 26.1 Å². The Labute approximate surface area is 108 Å². The Morgan fingerprint density at radius 1 is 0.944 bits per heavy atom. The summed E-state index contributed by atoms with van der Waals surface area (Å²) < 4.78 is 0. The molecule has 0 atom stereocenters. The van der Waals surface area contributed by atoms with Gasteiger partial charge in [-0.3, -0.25) is 4.98 Å². The third-order valence-electron chi connectivity index (χ3n) is 2.70. The van der Waals surface area contributed by atoms with Crippen LogP contribution in [0.3, 0.4) is 0 Å². The van der Waals surface area contributed by atoms with Gasteiger partial charge in [0, 0.05) is 32.5 Å². The van der Waals surface area contributed by atoms with Gasteiger partial charge in [0.25, 0.3) is 0 Å². The number of nitrogens with zero attached hydrogens (tertiary/aromatic N) is 2. The van der Waals surface area contributed by atoms with E-state index in [4.69, 9.17) is 0 Å². The summed E-state index contributed by atoms with van der Waals surface area (Å²) >= 11 is 0. The van der Waals surface area contributed by atoms with Gasteiger partial charge in [0.1, 0.15) is 0 Å². The molecule has 1 aromatic carbocycles. The Morgan fingerprint density at radius 3 is 2.22 bits per heavy atom. The van der Waals surface area contributed by atoms with Crippen molar-refractivity contribution in [3.63, 3.8) is 0 Å². The largest absolute Gasteiger partial charge is 0.387 e. The first kappa shape index (κ1) is 12.2. The maximum Gasteiger partial charge on any atom is 0.0591 e. The topological polar surface area (TPSA) is 40.2 Å². The molecule has 0 unspecified atom stereocenters. The van der Waals surface area contributed by atoms with E-state index in [-0.39, 0.29) is 0 Å². The molecule has 0 saturated heterocycles. The van der Waals surface area contributed by atoms with Crippen LogP contribution in [0.15, 0.2) is 42.7 Å². The zero-order chi connectivity index (χ0) is 13.0. The van der Waals surface area contributed by atoms with E-state index in [1.54, 1.807) is 12.4 Å². The summed E-state index contributed by atoms with van der Waals surface area (Å²) in [7, 11) is 5.94. The lowest BCUT2D eigenvalue weighted by Crippen LogP contribution is -2.08. The first-order chi connectivity index (χ1) is 8.69. The minimum atomic E-state index is 0.972. The smallest absolute Gasteiger partial charge is 0.0591 e. The standard InChI is InChI=1S/C14H18N4/c1-15-12-8-13(10-16-9-12)17-11-4-6-14(7-5-11)18(2)3/h4-10,15,17H,1-3H3. The van der Waals surface area contributed by atoms with E-state index in [0.29, 0.717) is 0 Å². The summed E-state index contributed by atoms with van der Waals surface area (Å²) in [4.78, 5) is 6.24. The minimum absolute atomic E-state index is 0.972. The zero-order valence-electron chi connectivity index (χ0n) is 10.9. The fourth-order valence-electron chi connectivity index (χ4n) is 1.65. The predicted molar refractivity (Wildman–Crippen MR) is 77.8 cm³/mol. The lowest BCUT2D eigenvalue weighted by molar-refractivity contribution is 1.13. The number of nitrogens with one attached hydrogen (secondary N) is 2. The fourth-order valence-corrected chi connectivity index (χ4v) is 1.65. The van der Waals surface area contributed by atoms with Crippen LogP contribution in [0.5, 0.6) is 0 Å². The van der Waals surface area contributed by atoms with Crippen LogP contribution in [0.1, 0.15) is 0 Å². The molecule has 1 heterocycles. The molecule has 0 aliphatic carbocycles. The SMILES string of the molecule is CNc1cncc(Nc2ccc(N(C)C)cc2)c1. The quantitative estimate of drug-likeness (QED) is 0.865. The average molecular weight is 242 g/mol. The van der Waals surface area contributed by atoms with Crippen LogP contribution in [0.25, 0.3) is 0 Å². The van der Waals surface area contributed by atoms with Gasteiger partial charge in [-0.25, -0.2) is 0 Å². The number of rotatable bonds is 4. The Morgan fingerprint density at radius 2 is 1.61 bits per heavy atom. The molecule has 2 aromatic rings. The molecule has 0 bridgehead atoms. The summed E-state index contributed by atoms with van der Waals surface area (Å²) in [5.41, 5.74) is 4.20. The van der Waals surface area contributed by atoms with Crippen LogP contribution in [0.2, 0.25) is 0 Å². The van der Waals surface area contributed by atoms with Crippen molar-refractivity contribution in [2.24, 2.45) is 0 Å². The van der Waals surface area contributed by atoms with Crippen molar-refractivity contribution in [2.45, 2.75) is 0 Å². The van der Waals surface area contributed by atoms with Gasteiger partial charge in [-0.1, -0.05) is 0 Å². The molecular formula is C14H18N4. The Hall–Kier alpha value is -2.23. The molecule has 0 radical (unpaired) electrons. The molecule has 1 aromatic heterocycles. The van der Waals surface area contributed by atoms with Crippen molar-refractivity contribution in [2.75, 3.05) is 36.7 Å². The van der Waals surface area contributed by atoms with Gasteiger partial charge in [-0.2, -0.15) is 0 Å². The first-order valence-electron chi connectivity index (χ1n) is 5.86.